The maximum atomic E-state index is 14.1. The molecule has 0 amide bonds. The Hall–Kier alpha value is -3.73. The fourth-order valence-electron chi connectivity index (χ4n) is 5.15. The molecule has 2 aromatic heterocycles. The molecule has 2 saturated heterocycles. The van der Waals surface area contributed by atoms with E-state index < -0.39 is 5.97 Å². The Kier molecular flexibility index (Phi) is 7.55. The summed E-state index contributed by atoms with van der Waals surface area (Å²) < 4.78 is 21.9. The van der Waals surface area contributed by atoms with E-state index in [1.54, 1.807) is 30.3 Å². The molecule has 1 unspecified atom stereocenters. The summed E-state index contributed by atoms with van der Waals surface area (Å²) >= 11 is 5.86. The standard InChI is InChI=1S/C29H30ClFN6O3/c30-21-6-4-20(23(31)15-21)16-32-26-2-1-3-27(34-26)36-11-9-35(10-12-36)18-28-33-24-7-5-19(29(38)39)14-25(24)37(28)17-22-8-13-40-22/h1-7,14-15,22H,8-13,16-18H2,(H,32,34)(H,38,39). The number of carboxylic acid groups (broad SMARTS) is 1. The first kappa shape index (κ1) is 26.5. The molecule has 6 rings (SSSR count). The van der Waals surface area contributed by atoms with E-state index >= 15 is 0 Å². The summed E-state index contributed by atoms with van der Waals surface area (Å²) in [5.41, 5.74) is 2.41. The number of rotatable bonds is 9. The Morgan fingerprint density at radius 3 is 2.65 bits per heavy atom. The molecule has 2 fully saturated rings. The summed E-state index contributed by atoms with van der Waals surface area (Å²) in [5.74, 6) is 1.18. The highest BCUT2D eigenvalue weighted by Gasteiger charge is 2.25. The van der Waals surface area contributed by atoms with Crippen molar-refractivity contribution < 1.29 is 19.0 Å². The van der Waals surface area contributed by atoms with Crippen LogP contribution in [0.3, 0.4) is 0 Å². The molecule has 2 aliphatic heterocycles. The molecule has 9 nitrogen and oxygen atoms in total. The topological polar surface area (TPSA) is 95.8 Å². The molecule has 2 N–H and O–H groups in total. The molecule has 208 valence electrons. The average Bonchev–Trinajstić information content (AvgIpc) is 3.26. The van der Waals surface area contributed by atoms with Gasteiger partial charge in [-0.05, 0) is 48.9 Å². The highest BCUT2D eigenvalue weighted by molar-refractivity contribution is 6.30. The second kappa shape index (κ2) is 11.4. The van der Waals surface area contributed by atoms with Crippen LogP contribution in [0.2, 0.25) is 5.02 Å². The Bertz CT molecular complexity index is 1530. The number of hydrogen-bond donors (Lipinski definition) is 2. The molecular weight excluding hydrogens is 535 g/mol. The van der Waals surface area contributed by atoms with Gasteiger partial charge in [0.25, 0.3) is 0 Å². The van der Waals surface area contributed by atoms with Crippen LogP contribution in [-0.2, 0) is 24.4 Å². The first-order valence-electron chi connectivity index (χ1n) is 13.4. The van der Waals surface area contributed by atoms with Gasteiger partial charge < -0.3 is 24.6 Å². The van der Waals surface area contributed by atoms with Crippen molar-refractivity contribution >= 4 is 40.2 Å². The van der Waals surface area contributed by atoms with E-state index in [4.69, 9.17) is 26.3 Å². The van der Waals surface area contributed by atoms with E-state index in [0.29, 0.717) is 36.0 Å². The predicted molar refractivity (Wildman–Crippen MR) is 152 cm³/mol. The monoisotopic (exact) mass is 564 g/mol. The fourth-order valence-corrected chi connectivity index (χ4v) is 5.30. The van der Waals surface area contributed by atoms with Crippen LogP contribution in [0.25, 0.3) is 11.0 Å². The molecule has 11 heteroatoms. The third-order valence-corrected chi connectivity index (χ3v) is 7.76. The third-order valence-electron chi connectivity index (χ3n) is 7.52. The minimum atomic E-state index is -0.947. The zero-order chi connectivity index (χ0) is 27.6. The maximum absolute atomic E-state index is 14.1. The molecule has 4 heterocycles. The van der Waals surface area contributed by atoms with Crippen molar-refractivity contribution in [2.45, 2.75) is 32.2 Å². The van der Waals surface area contributed by atoms with E-state index in [-0.39, 0.29) is 17.5 Å². The third kappa shape index (κ3) is 5.74. The lowest BCUT2D eigenvalue weighted by molar-refractivity contribution is -0.0592. The number of ether oxygens (including phenoxy) is 1. The van der Waals surface area contributed by atoms with Gasteiger partial charge in [0.05, 0.1) is 35.8 Å². The van der Waals surface area contributed by atoms with Crippen molar-refractivity contribution in [3.8, 4) is 0 Å². The van der Waals surface area contributed by atoms with E-state index in [1.165, 1.54) is 6.07 Å². The van der Waals surface area contributed by atoms with Gasteiger partial charge in [0.1, 0.15) is 23.3 Å². The van der Waals surface area contributed by atoms with Crippen LogP contribution in [0.4, 0.5) is 16.0 Å². The van der Waals surface area contributed by atoms with Crippen molar-refractivity contribution in [1.29, 1.82) is 0 Å². The number of fused-ring (bicyclic) bond motifs is 1. The van der Waals surface area contributed by atoms with E-state index in [1.807, 2.05) is 18.2 Å². The second-order valence-corrected chi connectivity index (χ2v) is 10.6. The summed E-state index contributed by atoms with van der Waals surface area (Å²) in [5, 5.41) is 13.1. The van der Waals surface area contributed by atoms with Crippen LogP contribution in [0, 0.1) is 5.82 Å². The van der Waals surface area contributed by atoms with Crippen LogP contribution < -0.4 is 10.2 Å². The van der Waals surface area contributed by atoms with E-state index in [2.05, 4.69) is 19.7 Å². The number of anilines is 2. The number of aromatic nitrogens is 3. The number of pyridine rings is 1. The van der Waals surface area contributed by atoms with Gasteiger partial charge in [0, 0.05) is 49.9 Å². The van der Waals surface area contributed by atoms with Crippen LogP contribution in [0.15, 0.2) is 54.6 Å². The van der Waals surface area contributed by atoms with Gasteiger partial charge in [-0.2, -0.15) is 0 Å². The van der Waals surface area contributed by atoms with E-state index in [9.17, 15) is 14.3 Å². The van der Waals surface area contributed by atoms with Gasteiger partial charge in [-0.15, -0.1) is 0 Å². The summed E-state index contributed by atoms with van der Waals surface area (Å²) in [6, 6.07) is 15.6. The lowest BCUT2D eigenvalue weighted by Crippen LogP contribution is -2.46. The summed E-state index contributed by atoms with van der Waals surface area (Å²) in [4.78, 5) is 25.8. The van der Waals surface area contributed by atoms with Crippen LogP contribution in [-0.4, -0.2) is 69.4 Å². The summed E-state index contributed by atoms with van der Waals surface area (Å²) in [6.07, 6.45) is 1.12. The predicted octanol–water partition coefficient (Wildman–Crippen LogP) is 4.65. The van der Waals surface area contributed by atoms with Crippen molar-refractivity contribution in [3.05, 3.63) is 82.4 Å². The van der Waals surface area contributed by atoms with Crippen molar-refractivity contribution in [2.75, 3.05) is 43.0 Å². The molecule has 0 aliphatic carbocycles. The largest absolute Gasteiger partial charge is 0.478 e. The lowest BCUT2D eigenvalue weighted by Gasteiger charge is -2.35. The van der Waals surface area contributed by atoms with Gasteiger partial charge in [0.15, 0.2) is 0 Å². The van der Waals surface area contributed by atoms with Crippen molar-refractivity contribution in [1.82, 2.24) is 19.4 Å². The Balaban J connectivity index is 1.11. The molecule has 2 aliphatic rings. The highest BCUT2D eigenvalue weighted by atomic mass is 35.5. The number of nitrogens with zero attached hydrogens (tertiary/aromatic N) is 5. The molecule has 2 aromatic carbocycles. The number of nitrogens with one attached hydrogen (secondary N) is 1. The minimum absolute atomic E-state index is 0.129. The van der Waals surface area contributed by atoms with E-state index in [0.717, 1.165) is 61.9 Å². The number of hydrogen-bond acceptors (Lipinski definition) is 7. The molecule has 0 radical (unpaired) electrons. The fraction of sp³-hybridized carbons (Fsp3) is 0.345. The lowest BCUT2D eigenvalue weighted by atomic mass is 10.1. The molecule has 40 heavy (non-hydrogen) atoms. The molecule has 4 aromatic rings. The average molecular weight is 565 g/mol. The molecule has 0 saturated carbocycles. The van der Waals surface area contributed by atoms with Gasteiger partial charge in [-0.3, -0.25) is 4.90 Å². The quantitative estimate of drug-likeness (QED) is 0.303. The molecular formula is C29H30ClFN6O3. The summed E-state index contributed by atoms with van der Waals surface area (Å²) in [6.45, 7) is 5.68. The zero-order valence-electron chi connectivity index (χ0n) is 21.9. The van der Waals surface area contributed by atoms with Crippen LogP contribution in [0.5, 0.6) is 0 Å². The number of carboxylic acids is 1. The number of imidazole rings is 1. The molecule has 1 atom stereocenters. The SMILES string of the molecule is O=C(O)c1ccc2nc(CN3CCN(c4cccc(NCc5ccc(Cl)cc5F)n4)CC3)n(CC3CCO3)c2c1. The maximum Gasteiger partial charge on any atom is 0.335 e. The molecule has 0 bridgehead atoms. The zero-order valence-corrected chi connectivity index (χ0v) is 22.6. The smallest absolute Gasteiger partial charge is 0.335 e. The van der Waals surface area contributed by atoms with Crippen LogP contribution in [0.1, 0.15) is 28.2 Å². The summed E-state index contributed by atoms with van der Waals surface area (Å²) in [7, 11) is 0. The molecule has 0 spiro atoms. The number of halogens is 2. The number of piperazine rings is 1. The number of aromatic carboxylic acids is 1. The Morgan fingerprint density at radius 2 is 1.93 bits per heavy atom. The van der Waals surface area contributed by atoms with Crippen molar-refractivity contribution in [3.63, 3.8) is 0 Å². The number of carbonyl (C=O) groups is 1. The first-order valence-corrected chi connectivity index (χ1v) is 13.8. The Labute approximate surface area is 236 Å². The van der Waals surface area contributed by atoms with Crippen molar-refractivity contribution in [2.24, 2.45) is 0 Å². The van der Waals surface area contributed by atoms with Crippen LogP contribution >= 0.6 is 11.6 Å². The van der Waals surface area contributed by atoms with Gasteiger partial charge >= 0.3 is 5.97 Å². The first-order chi connectivity index (χ1) is 19.4. The number of benzene rings is 2. The van der Waals surface area contributed by atoms with Gasteiger partial charge in [-0.1, -0.05) is 23.7 Å². The second-order valence-electron chi connectivity index (χ2n) is 10.2. The Morgan fingerprint density at radius 1 is 1.10 bits per heavy atom. The normalized spacial score (nSPS) is 17.6. The van der Waals surface area contributed by atoms with Gasteiger partial charge in [-0.25, -0.2) is 19.2 Å². The minimum Gasteiger partial charge on any atom is -0.478 e. The van der Waals surface area contributed by atoms with Gasteiger partial charge in [0.2, 0.25) is 0 Å². The highest BCUT2D eigenvalue weighted by Crippen LogP contribution is 2.24.